The Morgan fingerprint density at radius 1 is 0.808 bits per heavy atom. The van der Waals surface area contributed by atoms with E-state index in [4.69, 9.17) is 4.43 Å². The third-order valence-electron chi connectivity index (χ3n) is 6.38. The molecule has 2 aliphatic rings. The van der Waals surface area contributed by atoms with E-state index < -0.39 is 8.32 Å². The van der Waals surface area contributed by atoms with Crippen LogP contribution in [0.15, 0.2) is 60.7 Å². The zero-order valence-corrected chi connectivity index (χ0v) is 17.2. The van der Waals surface area contributed by atoms with Gasteiger partial charge in [0.05, 0.1) is 6.10 Å². The van der Waals surface area contributed by atoms with Gasteiger partial charge in [-0.15, -0.1) is 0 Å². The molecule has 4 rings (SSSR count). The second kappa shape index (κ2) is 6.95. The van der Waals surface area contributed by atoms with Crippen LogP contribution in [0.2, 0.25) is 5.04 Å². The lowest BCUT2D eigenvalue weighted by Crippen LogP contribution is -2.69. The Hall–Kier alpha value is -1.42. The fourth-order valence-electron chi connectivity index (χ4n) is 5.12. The number of rotatable bonds is 4. The first-order valence-corrected chi connectivity index (χ1v) is 11.9. The van der Waals surface area contributed by atoms with Crippen LogP contribution in [0.5, 0.6) is 0 Å². The molecule has 2 atom stereocenters. The molecule has 1 aliphatic heterocycles. The summed E-state index contributed by atoms with van der Waals surface area (Å²) < 4.78 is 7.40. The van der Waals surface area contributed by atoms with Crippen molar-refractivity contribution in [1.29, 1.82) is 0 Å². The first-order chi connectivity index (χ1) is 12.5. The van der Waals surface area contributed by atoms with Gasteiger partial charge in [0.1, 0.15) is 0 Å². The SMILES string of the molecule is CC(C)(C)[Si](OC1C2CCC1CNC2)(c1ccccc1)c1ccccc1. The highest BCUT2D eigenvalue weighted by molar-refractivity contribution is 6.99. The summed E-state index contributed by atoms with van der Waals surface area (Å²) in [5, 5.41) is 6.49. The van der Waals surface area contributed by atoms with Crippen LogP contribution < -0.4 is 15.7 Å². The molecular weight excluding hydrogens is 334 g/mol. The van der Waals surface area contributed by atoms with Gasteiger partial charge in [0.2, 0.25) is 0 Å². The van der Waals surface area contributed by atoms with E-state index in [1.165, 1.54) is 23.2 Å². The minimum Gasteiger partial charge on any atom is -0.404 e. The maximum atomic E-state index is 7.40. The predicted octanol–water partition coefficient (Wildman–Crippen LogP) is 3.56. The molecule has 0 radical (unpaired) electrons. The van der Waals surface area contributed by atoms with E-state index in [9.17, 15) is 0 Å². The molecule has 2 bridgehead atoms. The van der Waals surface area contributed by atoms with E-state index in [1.807, 2.05) is 0 Å². The van der Waals surface area contributed by atoms with E-state index in [-0.39, 0.29) is 5.04 Å². The number of hydrogen-bond donors (Lipinski definition) is 1. The van der Waals surface area contributed by atoms with Crippen molar-refractivity contribution in [3.63, 3.8) is 0 Å². The van der Waals surface area contributed by atoms with Gasteiger partial charge in [-0.05, 0) is 40.1 Å². The molecule has 1 aliphatic carbocycles. The third-order valence-corrected chi connectivity index (χ3v) is 11.4. The number of piperidine rings is 1. The summed E-state index contributed by atoms with van der Waals surface area (Å²) in [6.07, 6.45) is 3.00. The Morgan fingerprint density at radius 2 is 1.27 bits per heavy atom. The van der Waals surface area contributed by atoms with Crippen LogP contribution in [0, 0.1) is 11.8 Å². The zero-order valence-electron chi connectivity index (χ0n) is 16.2. The van der Waals surface area contributed by atoms with Crippen molar-refractivity contribution < 1.29 is 4.43 Å². The van der Waals surface area contributed by atoms with E-state index >= 15 is 0 Å². The van der Waals surface area contributed by atoms with Crippen molar-refractivity contribution in [1.82, 2.24) is 5.32 Å². The van der Waals surface area contributed by atoms with Crippen LogP contribution in [-0.4, -0.2) is 27.5 Å². The van der Waals surface area contributed by atoms with E-state index in [0.717, 1.165) is 13.1 Å². The van der Waals surface area contributed by atoms with Crippen LogP contribution in [0.1, 0.15) is 33.6 Å². The number of nitrogens with one attached hydrogen (secondary N) is 1. The standard InChI is InChI=1S/C23H31NOSi/c1-23(2,3)26(20-10-6-4-7-11-20,21-12-8-5-9-13-21)25-22-18-14-15-19(22)17-24-16-18/h4-13,18-19,22,24H,14-17H2,1-3H3. The fourth-order valence-corrected chi connectivity index (χ4v) is 9.93. The molecule has 1 N–H and O–H groups in total. The van der Waals surface area contributed by atoms with E-state index in [2.05, 4.69) is 86.8 Å². The number of benzene rings is 2. The molecule has 138 valence electrons. The van der Waals surface area contributed by atoms with Gasteiger partial charge in [-0.25, -0.2) is 0 Å². The summed E-state index contributed by atoms with van der Waals surface area (Å²) in [5.74, 6) is 1.32. The van der Waals surface area contributed by atoms with Gasteiger partial charge in [-0.2, -0.15) is 0 Å². The van der Waals surface area contributed by atoms with Crippen LogP contribution in [-0.2, 0) is 4.43 Å². The Labute approximate surface area is 159 Å². The molecule has 2 fully saturated rings. The minimum atomic E-state index is -2.41. The van der Waals surface area contributed by atoms with Gasteiger partial charge >= 0.3 is 0 Å². The Morgan fingerprint density at radius 3 is 1.69 bits per heavy atom. The maximum Gasteiger partial charge on any atom is 0.261 e. The third kappa shape index (κ3) is 2.96. The van der Waals surface area contributed by atoms with Crippen molar-refractivity contribution in [2.45, 2.75) is 44.8 Å². The predicted molar refractivity (Wildman–Crippen MR) is 112 cm³/mol. The van der Waals surface area contributed by atoms with Gasteiger partial charge < -0.3 is 9.74 Å². The van der Waals surface area contributed by atoms with E-state index in [1.54, 1.807) is 0 Å². The van der Waals surface area contributed by atoms with Crippen molar-refractivity contribution in [3.8, 4) is 0 Å². The summed E-state index contributed by atoms with van der Waals surface area (Å²) in [6.45, 7) is 9.35. The maximum absolute atomic E-state index is 7.40. The molecule has 1 saturated heterocycles. The van der Waals surface area contributed by atoms with Crippen molar-refractivity contribution in [3.05, 3.63) is 60.7 Å². The van der Waals surface area contributed by atoms with Crippen LogP contribution in [0.3, 0.4) is 0 Å². The lowest BCUT2D eigenvalue weighted by molar-refractivity contribution is 0.0836. The lowest BCUT2D eigenvalue weighted by atomic mass is 9.97. The highest BCUT2D eigenvalue weighted by Gasteiger charge is 2.54. The molecular formula is C23H31NOSi. The Balaban J connectivity index is 1.86. The molecule has 0 spiro atoms. The highest BCUT2D eigenvalue weighted by atomic mass is 28.4. The second-order valence-corrected chi connectivity index (χ2v) is 13.3. The largest absolute Gasteiger partial charge is 0.404 e. The molecule has 0 amide bonds. The van der Waals surface area contributed by atoms with Crippen molar-refractivity contribution in [2.75, 3.05) is 13.1 Å². The molecule has 0 aromatic heterocycles. The molecule has 1 saturated carbocycles. The van der Waals surface area contributed by atoms with Gasteiger partial charge in [0, 0.05) is 13.1 Å². The molecule has 3 heteroatoms. The molecule has 2 aromatic carbocycles. The summed E-state index contributed by atoms with van der Waals surface area (Å²) in [7, 11) is -2.41. The van der Waals surface area contributed by atoms with E-state index in [0.29, 0.717) is 17.9 Å². The average molecular weight is 366 g/mol. The summed E-state index contributed by atoms with van der Waals surface area (Å²) in [4.78, 5) is 0. The Bertz CT molecular complexity index is 669. The monoisotopic (exact) mass is 365 g/mol. The minimum absolute atomic E-state index is 0.0695. The molecule has 2 aromatic rings. The summed E-state index contributed by atoms with van der Waals surface area (Å²) in [5.41, 5.74) is 0. The second-order valence-electron chi connectivity index (χ2n) is 9.00. The van der Waals surface area contributed by atoms with Gasteiger partial charge in [-0.3, -0.25) is 0 Å². The van der Waals surface area contributed by atoms with Gasteiger partial charge in [-0.1, -0.05) is 81.4 Å². The number of fused-ring (bicyclic) bond motifs is 2. The smallest absolute Gasteiger partial charge is 0.261 e. The van der Waals surface area contributed by atoms with Crippen LogP contribution in [0.4, 0.5) is 0 Å². The first kappa shape index (κ1) is 18.0. The van der Waals surface area contributed by atoms with Gasteiger partial charge in [0.15, 0.2) is 0 Å². The normalized spacial score (nSPS) is 26.0. The topological polar surface area (TPSA) is 21.3 Å². The molecule has 26 heavy (non-hydrogen) atoms. The quantitative estimate of drug-likeness (QED) is 0.837. The summed E-state index contributed by atoms with van der Waals surface area (Å²) >= 11 is 0. The number of hydrogen-bond acceptors (Lipinski definition) is 2. The first-order valence-electron chi connectivity index (χ1n) is 10.0. The Kier molecular flexibility index (Phi) is 4.80. The molecule has 2 unspecified atom stereocenters. The summed E-state index contributed by atoms with van der Waals surface area (Å²) in [6, 6.07) is 22.1. The molecule has 2 nitrogen and oxygen atoms in total. The van der Waals surface area contributed by atoms with Crippen LogP contribution in [0.25, 0.3) is 0 Å². The van der Waals surface area contributed by atoms with Crippen molar-refractivity contribution >= 4 is 18.7 Å². The zero-order chi connectivity index (χ0) is 18.2. The average Bonchev–Trinajstić information content (AvgIpc) is 2.86. The highest BCUT2D eigenvalue weighted by Crippen LogP contribution is 2.43. The van der Waals surface area contributed by atoms with Crippen molar-refractivity contribution in [2.24, 2.45) is 11.8 Å². The van der Waals surface area contributed by atoms with Gasteiger partial charge in [0.25, 0.3) is 8.32 Å². The fraction of sp³-hybridized carbons (Fsp3) is 0.478. The molecule has 1 heterocycles. The van der Waals surface area contributed by atoms with Crippen LogP contribution >= 0.6 is 0 Å². The lowest BCUT2D eigenvalue weighted by Gasteiger charge is -2.47.